The highest BCUT2D eigenvalue weighted by atomic mass is 35.5. The highest BCUT2D eigenvalue weighted by Gasteiger charge is 2.22. The molecule has 0 spiro atoms. The molecule has 0 aliphatic heterocycles. The standard InChI is InChI=1S/C16H18ClN3O3S/c1-12-14(17)4-3-5-15(12)20(24(2,22)23)11-16(21)19-10-13-6-8-18-9-7-13/h3-9H,10-11H2,1-2H3,(H,19,21). The van der Waals surface area contributed by atoms with Crippen LogP contribution < -0.4 is 9.62 Å². The molecule has 24 heavy (non-hydrogen) atoms. The monoisotopic (exact) mass is 367 g/mol. The predicted octanol–water partition coefficient (Wildman–Crippen LogP) is 2.13. The zero-order valence-electron chi connectivity index (χ0n) is 13.4. The van der Waals surface area contributed by atoms with Gasteiger partial charge in [-0.2, -0.15) is 0 Å². The van der Waals surface area contributed by atoms with Gasteiger partial charge in [0.15, 0.2) is 0 Å². The number of amides is 1. The van der Waals surface area contributed by atoms with Crippen molar-refractivity contribution in [2.45, 2.75) is 13.5 Å². The van der Waals surface area contributed by atoms with E-state index in [-0.39, 0.29) is 6.54 Å². The number of rotatable bonds is 6. The zero-order chi connectivity index (χ0) is 17.7. The first-order valence-corrected chi connectivity index (χ1v) is 9.40. The van der Waals surface area contributed by atoms with Crippen molar-refractivity contribution in [1.82, 2.24) is 10.3 Å². The Kier molecular flexibility index (Phi) is 5.80. The number of hydrogen-bond acceptors (Lipinski definition) is 4. The van der Waals surface area contributed by atoms with E-state index in [2.05, 4.69) is 10.3 Å². The Morgan fingerprint density at radius 2 is 1.92 bits per heavy atom. The molecule has 0 unspecified atom stereocenters. The van der Waals surface area contributed by atoms with Crippen molar-refractivity contribution in [2.24, 2.45) is 0 Å². The maximum atomic E-state index is 12.2. The summed E-state index contributed by atoms with van der Waals surface area (Å²) in [7, 11) is -3.63. The minimum atomic E-state index is -3.63. The Morgan fingerprint density at radius 3 is 2.54 bits per heavy atom. The number of sulfonamides is 1. The van der Waals surface area contributed by atoms with Crippen LogP contribution in [0, 0.1) is 6.92 Å². The first-order valence-electron chi connectivity index (χ1n) is 7.17. The normalized spacial score (nSPS) is 11.1. The van der Waals surface area contributed by atoms with E-state index >= 15 is 0 Å². The topological polar surface area (TPSA) is 79.4 Å². The van der Waals surface area contributed by atoms with E-state index < -0.39 is 15.9 Å². The molecule has 0 atom stereocenters. The second-order valence-electron chi connectivity index (χ2n) is 5.29. The van der Waals surface area contributed by atoms with Gasteiger partial charge in [-0.05, 0) is 42.3 Å². The summed E-state index contributed by atoms with van der Waals surface area (Å²) in [5, 5.41) is 3.14. The van der Waals surface area contributed by atoms with Crippen LogP contribution in [0.4, 0.5) is 5.69 Å². The number of hydrogen-bond donors (Lipinski definition) is 1. The molecule has 1 amide bonds. The number of benzene rings is 1. The second kappa shape index (κ2) is 7.63. The van der Waals surface area contributed by atoms with Crippen molar-refractivity contribution in [3.8, 4) is 0 Å². The van der Waals surface area contributed by atoms with Gasteiger partial charge >= 0.3 is 0 Å². The summed E-state index contributed by atoms with van der Waals surface area (Å²) in [6.07, 6.45) is 4.31. The van der Waals surface area contributed by atoms with Gasteiger partial charge in [-0.15, -0.1) is 0 Å². The van der Waals surface area contributed by atoms with Crippen LogP contribution in [0.3, 0.4) is 0 Å². The summed E-state index contributed by atoms with van der Waals surface area (Å²) < 4.78 is 25.3. The summed E-state index contributed by atoms with van der Waals surface area (Å²) >= 11 is 6.06. The molecule has 0 bridgehead atoms. The summed E-state index contributed by atoms with van der Waals surface area (Å²) in [5.74, 6) is -0.406. The van der Waals surface area contributed by atoms with Gasteiger partial charge in [-0.3, -0.25) is 14.1 Å². The molecule has 1 N–H and O–H groups in total. The summed E-state index contributed by atoms with van der Waals surface area (Å²) in [4.78, 5) is 16.1. The largest absolute Gasteiger partial charge is 0.350 e. The van der Waals surface area contributed by atoms with Crippen LogP contribution in [0.5, 0.6) is 0 Å². The lowest BCUT2D eigenvalue weighted by molar-refractivity contribution is -0.119. The van der Waals surface area contributed by atoms with E-state index in [1.54, 1.807) is 49.6 Å². The first-order chi connectivity index (χ1) is 11.3. The maximum absolute atomic E-state index is 12.2. The average molecular weight is 368 g/mol. The number of halogens is 1. The molecule has 0 aliphatic rings. The lowest BCUT2D eigenvalue weighted by Crippen LogP contribution is -2.40. The molecular weight excluding hydrogens is 350 g/mol. The van der Waals surface area contributed by atoms with Gasteiger partial charge in [0.2, 0.25) is 15.9 Å². The average Bonchev–Trinajstić information content (AvgIpc) is 2.53. The van der Waals surface area contributed by atoms with Crippen molar-refractivity contribution in [3.63, 3.8) is 0 Å². The van der Waals surface area contributed by atoms with Crippen LogP contribution in [0.2, 0.25) is 5.02 Å². The third-order valence-corrected chi connectivity index (χ3v) is 4.97. The number of aromatic nitrogens is 1. The molecule has 0 radical (unpaired) electrons. The molecule has 1 aromatic carbocycles. The SMILES string of the molecule is Cc1c(Cl)cccc1N(CC(=O)NCc1ccncc1)S(C)(=O)=O. The number of nitrogens with zero attached hydrogens (tertiary/aromatic N) is 2. The van der Waals surface area contributed by atoms with Gasteiger partial charge in [0.05, 0.1) is 11.9 Å². The van der Waals surface area contributed by atoms with Gasteiger partial charge in [0, 0.05) is 24.0 Å². The van der Waals surface area contributed by atoms with E-state index in [1.165, 1.54) is 0 Å². The Labute approximate surface area is 146 Å². The highest BCUT2D eigenvalue weighted by Crippen LogP contribution is 2.27. The van der Waals surface area contributed by atoms with Crippen molar-refractivity contribution in [2.75, 3.05) is 17.1 Å². The third kappa shape index (κ3) is 4.69. The fourth-order valence-corrected chi connectivity index (χ4v) is 3.21. The van der Waals surface area contributed by atoms with Crippen molar-refractivity contribution in [3.05, 3.63) is 58.9 Å². The summed E-state index contributed by atoms with van der Waals surface area (Å²) in [6, 6.07) is 8.49. The molecule has 2 aromatic rings. The molecule has 0 saturated carbocycles. The minimum Gasteiger partial charge on any atom is -0.350 e. The van der Waals surface area contributed by atoms with Crippen molar-refractivity contribution >= 4 is 33.2 Å². The Bertz CT molecular complexity index is 826. The molecule has 0 aliphatic carbocycles. The van der Waals surface area contributed by atoms with Crippen LogP contribution >= 0.6 is 11.6 Å². The van der Waals surface area contributed by atoms with Crippen LogP contribution in [-0.4, -0.2) is 32.1 Å². The van der Waals surface area contributed by atoms with Crippen LogP contribution in [0.1, 0.15) is 11.1 Å². The predicted molar refractivity (Wildman–Crippen MR) is 94.5 cm³/mol. The Morgan fingerprint density at radius 1 is 1.25 bits per heavy atom. The molecule has 128 valence electrons. The van der Waals surface area contributed by atoms with Gasteiger partial charge < -0.3 is 5.32 Å². The number of pyridine rings is 1. The van der Waals surface area contributed by atoms with Crippen LogP contribution in [0.25, 0.3) is 0 Å². The molecule has 8 heteroatoms. The molecular formula is C16H18ClN3O3S. The number of nitrogens with one attached hydrogen (secondary N) is 1. The molecule has 0 saturated heterocycles. The van der Waals surface area contributed by atoms with E-state index in [0.29, 0.717) is 22.8 Å². The molecule has 6 nitrogen and oxygen atoms in total. The van der Waals surface area contributed by atoms with E-state index in [0.717, 1.165) is 16.1 Å². The smallest absolute Gasteiger partial charge is 0.241 e. The third-order valence-electron chi connectivity index (χ3n) is 3.43. The molecule has 1 aromatic heterocycles. The van der Waals surface area contributed by atoms with Crippen molar-refractivity contribution in [1.29, 1.82) is 0 Å². The maximum Gasteiger partial charge on any atom is 0.241 e. The number of anilines is 1. The first kappa shape index (κ1) is 18.2. The Balaban J connectivity index is 2.15. The van der Waals surface area contributed by atoms with E-state index in [9.17, 15) is 13.2 Å². The van der Waals surface area contributed by atoms with Gasteiger partial charge in [0.25, 0.3) is 0 Å². The lowest BCUT2D eigenvalue weighted by atomic mass is 10.2. The fraction of sp³-hybridized carbons (Fsp3) is 0.250. The number of carbonyl (C=O) groups is 1. The summed E-state index contributed by atoms with van der Waals surface area (Å²) in [6.45, 7) is 1.70. The van der Waals surface area contributed by atoms with Crippen LogP contribution in [-0.2, 0) is 21.4 Å². The summed E-state index contributed by atoms with van der Waals surface area (Å²) in [5.41, 5.74) is 1.87. The van der Waals surface area contributed by atoms with Gasteiger partial charge in [0.1, 0.15) is 6.54 Å². The van der Waals surface area contributed by atoms with E-state index in [1.807, 2.05) is 0 Å². The van der Waals surface area contributed by atoms with Gasteiger partial charge in [-0.25, -0.2) is 8.42 Å². The number of carbonyl (C=O) groups excluding carboxylic acids is 1. The van der Waals surface area contributed by atoms with Crippen molar-refractivity contribution < 1.29 is 13.2 Å². The fourth-order valence-electron chi connectivity index (χ4n) is 2.13. The second-order valence-corrected chi connectivity index (χ2v) is 7.60. The highest BCUT2D eigenvalue weighted by molar-refractivity contribution is 7.92. The van der Waals surface area contributed by atoms with Crippen LogP contribution in [0.15, 0.2) is 42.7 Å². The minimum absolute atomic E-state index is 0.299. The van der Waals surface area contributed by atoms with E-state index in [4.69, 9.17) is 11.6 Å². The Hall–Kier alpha value is -2.12. The zero-order valence-corrected chi connectivity index (χ0v) is 14.9. The quantitative estimate of drug-likeness (QED) is 0.848. The molecule has 2 rings (SSSR count). The molecule has 1 heterocycles. The lowest BCUT2D eigenvalue weighted by Gasteiger charge is -2.24. The molecule has 0 fully saturated rings. The van der Waals surface area contributed by atoms with Gasteiger partial charge in [-0.1, -0.05) is 17.7 Å².